The van der Waals surface area contributed by atoms with Crippen molar-refractivity contribution in [3.05, 3.63) is 71.3 Å². The zero-order valence-electron chi connectivity index (χ0n) is 12.7. The summed E-state index contributed by atoms with van der Waals surface area (Å²) in [7, 11) is 0. The van der Waals surface area contributed by atoms with Gasteiger partial charge in [0.25, 0.3) is 0 Å². The number of halogens is 1. The summed E-state index contributed by atoms with van der Waals surface area (Å²) in [5.74, 6) is 1.12. The van der Waals surface area contributed by atoms with Crippen molar-refractivity contribution in [1.29, 1.82) is 0 Å². The highest BCUT2D eigenvalue weighted by Gasteiger charge is 2.13. The molecule has 4 aromatic rings. The molecule has 6 heteroatoms. The minimum absolute atomic E-state index is 0.131. The molecule has 0 aliphatic rings. The molecule has 0 aliphatic heterocycles. The number of para-hydroxylation sites is 2. The van der Waals surface area contributed by atoms with Gasteiger partial charge in [0.05, 0.1) is 23.3 Å². The predicted molar refractivity (Wildman–Crippen MR) is 91.7 cm³/mol. The molecule has 0 bridgehead atoms. The molecule has 0 amide bonds. The third-order valence-electron chi connectivity index (χ3n) is 3.82. The molecule has 0 spiro atoms. The summed E-state index contributed by atoms with van der Waals surface area (Å²) in [4.78, 5) is 8.96. The van der Waals surface area contributed by atoms with Crippen LogP contribution in [0.4, 0.5) is 0 Å². The fraction of sp³-hybridized carbons (Fsp3) is 0.111. The number of aliphatic hydroxyl groups is 1. The second-order valence-electron chi connectivity index (χ2n) is 5.42. The lowest BCUT2D eigenvalue weighted by Crippen LogP contribution is -2.05. The Morgan fingerprint density at radius 1 is 1.08 bits per heavy atom. The highest BCUT2D eigenvalue weighted by molar-refractivity contribution is 6.30. The summed E-state index contributed by atoms with van der Waals surface area (Å²) in [5.41, 5.74) is 3.38. The maximum absolute atomic E-state index is 9.57. The van der Waals surface area contributed by atoms with Crippen molar-refractivity contribution in [2.45, 2.75) is 13.2 Å². The van der Waals surface area contributed by atoms with Gasteiger partial charge in [-0.3, -0.25) is 0 Å². The number of aliphatic hydroxyl groups excluding tert-OH is 1. The second-order valence-corrected chi connectivity index (χ2v) is 5.85. The summed E-state index contributed by atoms with van der Waals surface area (Å²) in [5, 5.41) is 10.2. The Kier molecular flexibility index (Phi) is 3.80. The lowest BCUT2D eigenvalue weighted by molar-refractivity contribution is 0.267. The number of benzene rings is 2. The molecule has 4 rings (SSSR count). The lowest BCUT2D eigenvalue weighted by Gasteiger charge is -2.04. The maximum Gasteiger partial charge on any atom is 0.226 e. The van der Waals surface area contributed by atoms with E-state index in [-0.39, 0.29) is 6.61 Å². The summed E-state index contributed by atoms with van der Waals surface area (Å²) in [6.45, 7) is 0.341. The normalized spacial score (nSPS) is 11.2. The van der Waals surface area contributed by atoms with Gasteiger partial charge in [0.15, 0.2) is 0 Å². The predicted octanol–water partition coefficient (Wildman–Crippen LogP) is 3.89. The van der Waals surface area contributed by atoms with Crippen LogP contribution in [0.3, 0.4) is 0 Å². The van der Waals surface area contributed by atoms with E-state index in [4.69, 9.17) is 16.0 Å². The van der Waals surface area contributed by atoms with E-state index in [0.717, 1.165) is 22.3 Å². The molecular weight excluding hydrogens is 326 g/mol. The van der Waals surface area contributed by atoms with Crippen molar-refractivity contribution in [3.8, 4) is 11.5 Å². The highest BCUT2D eigenvalue weighted by atomic mass is 35.5. The third-order valence-corrected chi connectivity index (χ3v) is 4.05. The lowest BCUT2D eigenvalue weighted by atomic mass is 10.2. The van der Waals surface area contributed by atoms with Gasteiger partial charge in [0.1, 0.15) is 18.7 Å². The highest BCUT2D eigenvalue weighted by Crippen LogP contribution is 2.23. The number of hydrogen-bond donors (Lipinski definition) is 1. The molecule has 0 saturated carbocycles. The minimum Gasteiger partial charge on any atom is -0.444 e. The van der Waals surface area contributed by atoms with Crippen molar-refractivity contribution < 1.29 is 9.52 Å². The van der Waals surface area contributed by atoms with Crippen LogP contribution in [0.1, 0.15) is 11.5 Å². The Morgan fingerprint density at radius 3 is 2.79 bits per heavy atom. The summed E-state index contributed by atoms with van der Waals surface area (Å²) in [6.07, 6.45) is 1.62. The van der Waals surface area contributed by atoms with Gasteiger partial charge in [-0.25, -0.2) is 9.97 Å². The summed E-state index contributed by atoms with van der Waals surface area (Å²) in [6, 6.07) is 15.1. The zero-order valence-corrected chi connectivity index (χ0v) is 13.4. The molecule has 0 saturated heterocycles. The molecular formula is C18H14ClN3O2. The van der Waals surface area contributed by atoms with Gasteiger partial charge in [-0.1, -0.05) is 29.8 Å². The first-order valence-corrected chi connectivity index (χ1v) is 7.88. The van der Waals surface area contributed by atoms with Crippen molar-refractivity contribution in [1.82, 2.24) is 14.5 Å². The maximum atomic E-state index is 9.57. The van der Waals surface area contributed by atoms with Gasteiger partial charge in [0, 0.05) is 10.6 Å². The molecule has 0 aliphatic carbocycles. The largest absolute Gasteiger partial charge is 0.444 e. The van der Waals surface area contributed by atoms with Gasteiger partial charge in [-0.05, 0) is 30.3 Å². The fourth-order valence-corrected chi connectivity index (χ4v) is 2.91. The van der Waals surface area contributed by atoms with E-state index in [0.29, 0.717) is 23.3 Å². The van der Waals surface area contributed by atoms with E-state index in [1.165, 1.54) is 0 Å². The number of nitrogens with zero attached hydrogens (tertiary/aromatic N) is 3. The van der Waals surface area contributed by atoms with Gasteiger partial charge in [-0.15, -0.1) is 0 Å². The second kappa shape index (κ2) is 6.11. The standard InChI is InChI=1S/C18H14ClN3O2/c19-13-5-3-4-12(8-13)18-20-14(11-24-18)9-22-16-7-2-1-6-15(16)21-17(22)10-23/h1-8,11,23H,9-10H2. The smallest absolute Gasteiger partial charge is 0.226 e. The van der Waals surface area contributed by atoms with Gasteiger partial charge >= 0.3 is 0 Å². The fourth-order valence-electron chi connectivity index (χ4n) is 2.72. The Morgan fingerprint density at radius 2 is 1.96 bits per heavy atom. The molecule has 0 fully saturated rings. The molecule has 0 unspecified atom stereocenters. The first kappa shape index (κ1) is 14.9. The van der Waals surface area contributed by atoms with Crippen LogP contribution in [0.15, 0.2) is 59.2 Å². The van der Waals surface area contributed by atoms with Crippen LogP contribution in [0.2, 0.25) is 5.02 Å². The molecule has 1 N–H and O–H groups in total. The first-order valence-electron chi connectivity index (χ1n) is 7.50. The summed E-state index contributed by atoms with van der Waals surface area (Å²) < 4.78 is 7.51. The molecule has 24 heavy (non-hydrogen) atoms. The van der Waals surface area contributed by atoms with E-state index >= 15 is 0 Å². The Bertz CT molecular complexity index is 1010. The number of hydrogen-bond acceptors (Lipinski definition) is 4. The quantitative estimate of drug-likeness (QED) is 0.612. The van der Waals surface area contributed by atoms with Crippen LogP contribution in [-0.4, -0.2) is 19.6 Å². The monoisotopic (exact) mass is 339 g/mol. The Labute approximate surface area is 143 Å². The topological polar surface area (TPSA) is 64.1 Å². The molecule has 120 valence electrons. The molecule has 2 aromatic heterocycles. The SMILES string of the molecule is OCc1nc2ccccc2n1Cc1coc(-c2cccc(Cl)c2)n1. The van der Waals surface area contributed by atoms with Crippen molar-refractivity contribution in [3.63, 3.8) is 0 Å². The van der Waals surface area contributed by atoms with E-state index in [1.54, 1.807) is 12.3 Å². The molecule has 5 nitrogen and oxygen atoms in total. The number of imidazole rings is 1. The molecule has 2 aromatic carbocycles. The van der Waals surface area contributed by atoms with Crippen LogP contribution in [0.5, 0.6) is 0 Å². The average Bonchev–Trinajstić information content (AvgIpc) is 3.20. The Hall–Kier alpha value is -2.63. The van der Waals surface area contributed by atoms with Gasteiger partial charge in [0.2, 0.25) is 5.89 Å². The molecule has 2 heterocycles. The first-order chi connectivity index (χ1) is 11.7. The number of fused-ring (bicyclic) bond motifs is 1. The minimum atomic E-state index is -0.131. The molecule has 0 atom stereocenters. The number of oxazole rings is 1. The van der Waals surface area contributed by atoms with Crippen LogP contribution >= 0.6 is 11.6 Å². The van der Waals surface area contributed by atoms with E-state index in [1.807, 2.05) is 47.0 Å². The Balaban J connectivity index is 1.70. The van der Waals surface area contributed by atoms with Gasteiger partial charge < -0.3 is 14.1 Å². The third kappa shape index (κ3) is 2.68. The van der Waals surface area contributed by atoms with E-state index < -0.39 is 0 Å². The van der Waals surface area contributed by atoms with Crippen molar-refractivity contribution >= 4 is 22.6 Å². The molecule has 0 radical (unpaired) electrons. The van der Waals surface area contributed by atoms with E-state index in [2.05, 4.69) is 9.97 Å². The van der Waals surface area contributed by atoms with Gasteiger partial charge in [-0.2, -0.15) is 0 Å². The number of rotatable bonds is 4. The average molecular weight is 340 g/mol. The van der Waals surface area contributed by atoms with Crippen LogP contribution in [0.25, 0.3) is 22.5 Å². The zero-order chi connectivity index (χ0) is 16.5. The van der Waals surface area contributed by atoms with Crippen LogP contribution < -0.4 is 0 Å². The van der Waals surface area contributed by atoms with Crippen LogP contribution in [0, 0.1) is 0 Å². The van der Waals surface area contributed by atoms with E-state index in [9.17, 15) is 5.11 Å². The number of aromatic nitrogens is 3. The summed E-state index contributed by atoms with van der Waals surface area (Å²) >= 11 is 6.01. The van der Waals surface area contributed by atoms with Crippen LogP contribution in [-0.2, 0) is 13.2 Å². The van der Waals surface area contributed by atoms with Crippen molar-refractivity contribution in [2.75, 3.05) is 0 Å². The van der Waals surface area contributed by atoms with Crippen molar-refractivity contribution in [2.24, 2.45) is 0 Å².